The van der Waals surface area contributed by atoms with Gasteiger partial charge in [0.15, 0.2) is 11.5 Å². The van der Waals surface area contributed by atoms with Crippen LogP contribution in [0, 0.1) is 5.92 Å². The summed E-state index contributed by atoms with van der Waals surface area (Å²) in [5, 5.41) is 2.90. The highest BCUT2D eigenvalue weighted by atomic mass is 16.5. The number of anilines is 1. The number of amides is 2. The predicted octanol–water partition coefficient (Wildman–Crippen LogP) is 3.50. The molecular weight excluding hydrogens is 436 g/mol. The molecule has 1 aliphatic rings. The molecule has 174 valence electrons. The third kappa shape index (κ3) is 4.59. The minimum Gasteiger partial charge on any atom is -0.493 e. The number of nitrogens with zero attached hydrogens (tertiary/aromatic N) is 3. The minimum absolute atomic E-state index is 0.0669. The number of methoxy groups -OCH3 is 1. The van der Waals surface area contributed by atoms with Gasteiger partial charge in [0.2, 0.25) is 11.8 Å². The Bertz CT molecular complexity index is 1280. The number of furan rings is 1. The Hall–Kier alpha value is -4.27. The van der Waals surface area contributed by atoms with Crippen LogP contribution in [0.15, 0.2) is 71.6 Å². The maximum absolute atomic E-state index is 12.9. The van der Waals surface area contributed by atoms with Crippen molar-refractivity contribution in [1.82, 2.24) is 14.3 Å². The predicted molar refractivity (Wildman–Crippen MR) is 123 cm³/mol. The van der Waals surface area contributed by atoms with Gasteiger partial charge in [-0.2, -0.15) is 0 Å². The molecule has 0 aliphatic carbocycles. The van der Waals surface area contributed by atoms with Crippen LogP contribution in [0.3, 0.4) is 0 Å². The van der Waals surface area contributed by atoms with Gasteiger partial charge in [-0.1, -0.05) is 6.07 Å². The standard InChI is InChI=1S/C25H24N4O5/c1-32-21-8-7-18(12-22(21)34-16-19-14-28-9-3-2-6-23(28)26-19)27-25(31)17-11-24(30)29(13-17)15-20-5-4-10-33-20/h2-10,12,14,17H,11,13,15-16H2,1H3,(H,27,31). The number of nitrogens with one attached hydrogen (secondary N) is 1. The van der Waals surface area contributed by atoms with Crippen molar-refractivity contribution in [2.45, 2.75) is 19.6 Å². The number of hydrogen-bond acceptors (Lipinski definition) is 6. The molecule has 0 radical (unpaired) electrons. The van der Waals surface area contributed by atoms with Crippen LogP contribution in [-0.4, -0.2) is 39.8 Å². The second-order valence-corrected chi connectivity index (χ2v) is 8.10. The number of fused-ring (bicyclic) bond motifs is 1. The van der Waals surface area contributed by atoms with Crippen molar-refractivity contribution >= 4 is 23.1 Å². The molecule has 9 heteroatoms. The zero-order valence-electron chi connectivity index (χ0n) is 18.6. The lowest BCUT2D eigenvalue weighted by Gasteiger charge is -2.16. The maximum Gasteiger partial charge on any atom is 0.229 e. The van der Waals surface area contributed by atoms with E-state index in [9.17, 15) is 9.59 Å². The number of carbonyl (C=O) groups excluding carboxylic acids is 2. The molecule has 1 aromatic carbocycles. The number of rotatable bonds is 8. The summed E-state index contributed by atoms with van der Waals surface area (Å²) in [6.07, 6.45) is 5.56. The fraction of sp³-hybridized carbons (Fsp3) is 0.240. The molecule has 34 heavy (non-hydrogen) atoms. The fourth-order valence-corrected chi connectivity index (χ4v) is 4.01. The van der Waals surface area contributed by atoms with Gasteiger partial charge in [-0.25, -0.2) is 4.98 Å². The quantitative estimate of drug-likeness (QED) is 0.432. The number of imidazole rings is 1. The lowest BCUT2D eigenvalue weighted by Crippen LogP contribution is -2.27. The van der Waals surface area contributed by atoms with E-state index in [1.165, 1.54) is 0 Å². The van der Waals surface area contributed by atoms with Crippen molar-refractivity contribution in [1.29, 1.82) is 0 Å². The van der Waals surface area contributed by atoms with Gasteiger partial charge in [0, 0.05) is 37.1 Å². The van der Waals surface area contributed by atoms with E-state index in [0.717, 1.165) is 11.3 Å². The van der Waals surface area contributed by atoms with Crippen LogP contribution in [0.2, 0.25) is 0 Å². The summed E-state index contributed by atoms with van der Waals surface area (Å²) in [6.45, 7) is 0.951. The van der Waals surface area contributed by atoms with E-state index < -0.39 is 5.92 Å². The number of carbonyl (C=O) groups is 2. The molecule has 0 bridgehead atoms. The van der Waals surface area contributed by atoms with E-state index in [-0.39, 0.29) is 24.8 Å². The van der Waals surface area contributed by atoms with Crippen LogP contribution in [0.5, 0.6) is 11.5 Å². The molecule has 3 aromatic heterocycles. The van der Waals surface area contributed by atoms with Crippen molar-refractivity contribution in [3.63, 3.8) is 0 Å². The molecule has 1 saturated heterocycles. The fourth-order valence-electron chi connectivity index (χ4n) is 4.01. The SMILES string of the molecule is COc1ccc(NC(=O)C2CC(=O)N(Cc3ccco3)C2)cc1OCc1cn2ccccc2n1. The minimum atomic E-state index is -0.438. The van der Waals surface area contributed by atoms with Crippen LogP contribution in [-0.2, 0) is 22.7 Å². The first-order chi connectivity index (χ1) is 16.6. The number of hydrogen-bond donors (Lipinski definition) is 1. The molecule has 0 spiro atoms. The normalized spacial score (nSPS) is 15.6. The molecule has 9 nitrogen and oxygen atoms in total. The molecule has 1 atom stereocenters. The summed E-state index contributed by atoms with van der Waals surface area (Å²) in [6, 6.07) is 14.6. The Morgan fingerprint density at radius 3 is 2.91 bits per heavy atom. The summed E-state index contributed by atoms with van der Waals surface area (Å²) in [7, 11) is 1.56. The molecule has 4 heterocycles. The topological polar surface area (TPSA) is 98.3 Å². The zero-order chi connectivity index (χ0) is 23.5. The second kappa shape index (κ2) is 9.30. The molecule has 2 amide bonds. The molecule has 1 fully saturated rings. The zero-order valence-corrected chi connectivity index (χ0v) is 18.6. The Morgan fingerprint density at radius 2 is 2.12 bits per heavy atom. The first-order valence-corrected chi connectivity index (χ1v) is 10.9. The lowest BCUT2D eigenvalue weighted by atomic mass is 10.1. The summed E-state index contributed by atoms with van der Waals surface area (Å²) in [4.78, 5) is 31.4. The van der Waals surface area contributed by atoms with Gasteiger partial charge in [0.05, 0.1) is 31.5 Å². The van der Waals surface area contributed by atoms with Crippen LogP contribution in [0.25, 0.3) is 5.65 Å². The van der Waals surface area contributed by atoms with Crippen molar-refractivity contribution in [2.75, 3.05) is 19.0 Å². The average molecular weight is 460 g/mol. The second-order valence-electron chi connectivity index (χ2n) is 8.10. The van der Waals surface area contributed by atoms with E-state index in [4.69, 9.17) is 13.9 Å². The van der Waals surface area contributed by atoms with Gasteiger partial charge in [-0.3, -0.25) is 9.59 Å². The van der Waals surface area contributed by atoms with Crippen molar-refractivity contribution < 1.29 is 23.5 Å². The Labute approximate surface area is 195 Å². The summed E-state index contributed by atoms with van der Waals surface area (Å²) in [5.41, 5.74) is 2.16. The van der Waals surface area contributed by atoms with Gasteiger partial charge in [-0.15, -0.1) is 0 Å². The number of likely N-dealkylation sites (tertiary alicyclic amines) is 1. The highest BCUT2D eigenvalue weighted by Crippen LogP contribution is 2.31. The molecule has 4 aromatic rings. The molecule has 5 rings (SSSR count). The largest absolute Gasteiger partial charge is 0.493 e. The average Bonchev–Trinajstić information content (AvgIpc) is 3.58. The lowest BCUT2D eigenvalue weighted by molar-refractivity contribution is -0.128. The van der Waals surface area contributed by atoms with Gasteiger partial charge >= 0.3 is 0 Å². The number of benzene rings is 1. The number of ether oxygens (including phenoxy) is 2. The van der Waals surface area contributed by atoms with Gasteiger partial charge < -0.3 is 28.5 Å². The van der Waals surface area contributed by atoms with Gasteiger partial charge in [0.1, 0.15) is 18.0 Å². The molecule has 1 aliphatic heterocycles. The van der Waals surface area contributed by atoms with Crippen LogP contribution < -0.4 is 14.8 Å². The molecule has 1 N–H and O–H groups in total. The van der Waals surface area contributed by atoms with Gasteiger partial charge in [0.25, 0.3) is 0 Å². The number of aromatic nitrogens is 2. The third-order valence-corrected chi connectivity index (χ3v) is 5.73. The van der Waals surface area contributed by atoms with E-state index >= 15 is 0 Å². The summed E-state index contributed by atoms with van der Waals surface area (Å²) < 4.78 is 18.6. The maximum atomic E-state index is 12.9. The smallest absolute Gasteiger partial charge is 0.229 e. The first kappa shape index (κ1) is 21.6. The molecule has 1 unspecified atom stereocenters. The van der Waals surface area contributed by atoms with Gasteiger partial charge in [-0.05, 0) is 36.4 Å². The van der Waals surface area contributed by atoms with E-state index in [2.05, 4.69) is 10.3 Å². The highest BCUT2D eigenvalue weighted by Gasteiger charge is 2.34. The third-order valence-electron chi connectivity index (χ3n) is 5.73. The monoisotopic (exact) mass is 460 g/mol. The highest BCUT2D eigenvalue weighted by molar-refractivity contribution is 5.97. The van der Waals surface area contributed by atoms with E-state index in [1.54, 1.807) is 42.5 Å². The van der Waals surface area contributed by atoms with Crippen molar-refractivity contribution in [3.8, 4) is 11.5 Å². The van der Waals surface area contributed by atoms with Crippen LogP contribution in [0.4, 0.5) is 5.69 Å². The number of pyridine rings is 1. The van der Waals surface area contributed by atoms with E-state index in [0.29, 0.717) is 36.0 Å². The summed E-state index contributed by atoms with van der Waals surface area (Å²) in [5.74, 6) is 1.00. The van der Waals surface area contributed by atoms with Crippen molar-refractivity contribution in [3.05, 3.63) is 78.6 Å². The Kier molecular flexibility index (Phi) is 5.90. The van der Waals surface area contributed by atoms with Crippen molar-refractivity contribution in [2.24, 2.45) is 5.92 Å². The Balaban J connectivity index is 1.23. The first-order valence-electron chi connectivity index (χ1n) is 10.9. The van der Waals surface area contributed by atoms with E-state index in [1.807, 2.05) is 41.1 Å². The van der Waals surface area contributed by atoms with Crippen LogP contribution in [0.1, 0.15) is 17.9 Å². The summed E-state index contributed by atoms with van der Waals surface area (Å²) >= 11 is 0. The molecule has 0 saturated carbocycles. The molecular formula is C25H24N4O5. The van der Waals surface area contributed by atoms with Crippen LogP contribution >= 0.6 is 0 Å². The Morgan fingerprint density at radius 1 is 1.21 bits per heavy atom.